The summed E-state index contributed by atoms with van der Waals surface area (Å²) in [6.45, 7) is 5.85. The molecule has 1 saturated carbocycles. The number of ketones is 1. The van der Waals surface area contributed by atoms with Crippen molar-refractivity contribution in [1.82, 2.24) is 5.32 Å². The van der Waals surface area contributed by atoms with Crippen molar-refractivity contribution in [2.24, 2.45) is 17.8 Å². The second-order valence-electron chi connectivity index (χ2n) is 8.19. The molecule has 154 valence electrons. The summed E-state index contributed by atoms with van der Waals surface area (Å²) in [4.78, 5) is 37.4. The maximum atomic E-state index is 12.6. The van der Waals surface area contributed by atoms with Crippen molar-refractivity contribution in [3.63, 3.8) is 0 Å². The summed E-state index contributed by atoms with van der Waals surface area (Å²) in [5.74, 6) is -0.0540. The zero-order valence-corrected chi connectivity index (χ0v) is 18.5. The topological polar surface area (TPSA) is 72.5 Å². The molecule has 0 heterocycles. The highest BCUT2D eigenvalue weighted by Crippen LogP contribution is 2.28. The van der Waals surface area contributed by atoms with E-state index in [9.17, 15) is 14.4 Å². The van der Waals surface area contributed by atoms with E-state index in [1.54, 1.807) is 24.3 Å². The van der Waals surface area contributed by atoms with Crippen LogP contribution in [0, 0.1) is 17.8 Å². The monoisotopic (exact) mass is 451 g/mol. The number of halogens is 1. The molecule has 1 N–H and O–H groups in total. The number of ether oxygens (including phenoxy) is 1. The van der Waals surface area contributed by atoms with Crippen molar-refractivity contribution in [3.05, 3.63) is 34.3 Å². The summed E-state index contributed by atoms with van der Waals surface area (Å²) < 4.78 is 6.11. The van der Waals surface area contributed by atoms with Gasteiger partial charge in [-0.3, -0.25) is 9.59 Å². The van der Waals surface area contributed by atoms with Crippen LogP contribution >= 0.6 is 15.9 Å². The van der Waals surface area contributed by atoms with Crippen molar-refractivity contribution >= 4 is 33.6 Å². The largest absolute Gasteiger partial charge is 0.456 e. The summed E-state index contributed by atoms with van der Waals surface area (Å²) >= 11 is 3.32. The highest BCUT2D eigenvalue weighted by Gasteiger charge is 2.29. The molecule has 0 aromatic heterocycles. The summed E-state index contributed by atoms with van der Waals surface area (Å²) in [7, 11) is 0. The van der Waals surface area contributed by atoms with Crippen LogP contribution in [0.1, 0.15) is 63.2 Å². The van der Waals surface area contributed by atoms with Crippen molar-refractivity contribution < 1.29 is 19.1 Å². The molecule has 0 bridgehead atoms. The van der Waals surface area contributed by atoms with Gasteiger partial charge in [-0.15, -0.1) is 0 Å². The Kier molecular flexibility index (Phi) is 8.67. The van der Waals surface area contributed by atoms with E-state index in [2.05, 4.69) is 28.2 Å². The highest BCUT2D eigenvalue weighted by atomic mass is 79.9. The van der Waals surface area contributed by atoms with Crippen LogP contribution in [0.15, 0.2) is 28.7 Å². The number of benzene rings is 1. The standard InChI is InChI=1S/C22H30BrNO4/c1-14(2)12-19(24-21(26)17-6-4-15(3)5-7-17)22(27)28-13-20(25)16-8-10-18(23)11-9-16/h8-11,14-15,17,19H,4-7,12-13H2,1-3H3,(H,24,26)/t15?,17?,19-/m0/s1. The second-order valence-corrected chi connectivity index (χ2v) is 9.10. The first-order valence-electron chi connectivity index (χ1n) is 10.0. The second kappa shape index (κ2) is 10.7. The lowest BCUT2D eigenvalue weighted by Gasteiger charge is -2.27. The minimum atomic E-state index is -0.718. The molecular weight excluding hydrogens is 422 g/mol. The number of rotatable bonds is 8. The molecule has 28 heavy (non-hydrogen) atoms. The molecule has 0 saturated heterocycles. The van der Waals surface area contributed by atoms with Gasteiger partial charge in [0, 0.05) is 16.0 Å². The number of hydrogen-bond acceptors (Lipinski definition) is 4. The van der Waals surface area contributed by atoms with E-state index in [0.717, 1.165) is 30.2 Å². The molecule has 6 heteroatoms. The number of hydrogen-bond donors (Lipinski definition) is 1. The molecule has 1 fully saturated rings. The van der Waals surface area contributed by atoms with Gasteiger partial charge in [-0.1, -0.05) is 48.8 Å². The average molecular weight is 452 g/mol. The predicted octanol–water partition coefficient (Wildman–Crippen LogP) is 4.53. The zero-order valence-electron chi connectivity index (χ0n) is 16.9. The maximum absolute atomic E-state index is 12.6. The van der Waals surface area contributed by atoms with Crippen LogP contribution in [0.5, 0.6) is 0 Å². The van der Waals surface area contributed by atoms with Crippen molar-refractivity contribution in [1.29, 1.82) is 0 Å². The third-order valence-corrected chi connectivity index (χ3v) is 5.74. The van der Waals surface area contributed by atoms with Gasteiger partial charge in [0.25, 0.3) is 0 Å². The average Bonchev–Trinajstić information content (AvgIpc) is 2.66. The molecular formula is C22H30BrNO4. The first kappa shape index (κ1) is 22.6. The van der Waals surface area contributed by atoms with Gasteiger partial charge in [0.1, 0.15) is 6.04 Å². The van der Waals surface area contributed by atoms with Crippen LogP contribution in [0.4, 0.5) is 0 Å². The van der Waals surface area contributed by atoms with E-state index in [-0.39, 0.29) is 30.1 Å². The number of Topliss-reactive ketones (excluding diaryl/α,β-unsaturated/α-hetero) is 1. The van der Waals surface area contributed by atoms with Gasteiger partial charge in [-0.05, 0) is 56.1 Å². The fourth-order valence-corrected chi connectivity index (χ4v) is 3.72. The molecule has 1 atom stereocenters. The van der Waals surface area contributed by atoms with Gasteiger partial charge < -0.3 is 10.1 Å². The molecule has 1 aromatic carbocycles. The molecule has 0 unspecified atom stereocenters. The van der Waals surface area contributed by atoms with Gasteiger partial charge in [0.15, 0.2) is 12.4 Å². The Hall–Kier alpha value is -1.69. The SMILES string of the molecule is CC(C)C[C@H](NC(=O)C1CCC(C)CC1)C(=O)OCC(=O)c1ccc(Br)cc1. The van der Waals surface area contributed by atoms with E-state index in [4.69, 9.17) is 4.74 Å². The van der Waals surface area contributed by atoms with Gasteiger partial charge in [-0.25, -0.2) is 4.79 Å². The normalized spacial score (nSPS) is 20.5. The quantitative estimate of drug-likeness (QED) is 0.465. The third kappa shape index (κ3) is 7.04. The Morgan fingerprint density at radius 3 is 2.29 bits per heavy atom. The number of carbonyl (C=O) groups is 3. The van der Waals surface area contributed by atoms with Crippen LogP contribution in [0.2, 0.25) is 0 Å². The molecule has 0 aliphatic heterocycles. The molecule has 0 spiro atoms. The van der Waals surface area contributed by atoms with E-state index >= 15 is 0 Å². The first-order valence-corrected chi connectivity index (χ1v) is 10.8. The summed E-state index contributed by atoms with van der Waals surface area (Å²) in [6, 6.07) is 6.17. The third-order valence-electron chi connectivity index (χ3n) is 5.21. The minimum absolute atomic E-state index is 0.0388. The van der Waals surface area contributed by atoms with Crippen molar-refractivity contribution in [2.45, 2.75) is 58.9 Å². The Labute approximate surface area is 175 Å². The predicted molar refractivity (Wildman–Crippen MR) is 112 cm³/mol. The molecule has 1 amide bonds. The Bertz CT molecular complexity index is 678. The number of esters is 1. The first-order chi connectivity index (χ1) is 13.3. The molecule has 1 aliphatic rings. The van der Waals surface area contributed by atoms with Crippen LogP contribution in [-0.4, -0.2) is 30.3 Å². The lowest BCUT2D eigenvalue weighted by molar-refractivity contribution is -0.148. The molecule has 1 aromatic rings. The van der Waals surface area contributed by atoms with Gasteiger partial charge in [-0.2, -0.15) is 0 Å². The molecule has 5 nitrogen and oxygen atoms in total. The molecule has 0 radical (unpaired) electrons. The highest BCUT2D eigenvalue weighted by molar-refractivity contribution is 9.10. The summed E-state index contributed by atoms with van der Waals surface area (Å²) in [6.07, 6.45) is 4.29. The van der Waals surface area contributed by atoms with Gasteiger partial charge >= 0.3 is 5.97 Å². The van der Waals surface area contributed by atoms with Gasteiger partial charge in [0.05, 0.1) is 0 Å². The van der Waals surface area contributed by atoms with Crippen LogP contribution < -0.4 is 5.32 Å². The van der Waals surface area contributed by atoms with E-state index < -0.39 is 12.0 Å². The van der Waals surface area contributed by atoms with Crippen LogP contribution in [-0.2, 0) is 14.3 Å². The lowest BCUT2D eigenvalue weighted by atomic mass is 9.82. The Morgan fingerprint density at radius 2 is 1.71 bits per heavy atom. The van der Waals surface area contributed by atoms with Crippen molar-refractivity contribution in [3.8, 4) is 0 Å². The zero-order chi connectivity index (χ0) is 20.7. The fraction of sp³-hybridized carbons (Fsp3) is 0.591. The number of amides is 1. The number of nitrogens with one attached hydrogen (secondary N) is 1. The molecule has 2 rings (SSSR count). The summed E-state index contributed by atoms with van der Waals surface area (Å²) in [5, 5.41) is 2.87. The smallest absolute Gasteiger partial charge is 0.329 e. The summed E-state index contributed by atoms with van der Waals surface area (Å²) in [5.41, 5.74) is 0.483. The van der Waals surface area contributed by atoms with Gasteiger partial charge in [0.2, 0.25) is 5.91 Å². The van der Waals surface area contributed by atoms with Crippen molar-refractivity contribution in [2.75, 3.05) is 6.61 Å². The Balaban J connectivity index is 1.91. The maximum Gasteiger partial charge on any atom is 0.329 e. The molecule has 1 aliphatic carbocycles. The minimum Gasteiger partial charge on any atom is -0.456 e. The van der Waals surface area contributed by atoms with Crippen LogP contribution in [0.25, 0.3) is 0 Å². The lowest BCUT2D eigenvalue weighted by Crippen LogP contribution is -2.46. The van der Waals surface area contributed by atoms with E-state index in [1.807, 2.05) is 13.8 Å². The van der Waals surface area contributed by atoms with E-state index in [1.165, 1.54) is 0 Å². The number of carbonyl (C=O) groups excluding carboxylic acids is 3. The Morgan fingerprint density at radius 1 is 1.11 bits per heavy atom. The fourth-order valence-electron chi connectivity index (χ4n) is 3.45. The van der Waals surface area contributed by atoms with Crippen LogP contribution in [0.3, 0.4) is 0 Å². The van der Waals surface area contributed by atoms with E-state index in [0.29, 0.717) is 17.9 Å².